The Morgan fingerprint density at radius 3 is 2.68 bits per heavy atom. The number of nitrogens with zero attached hydrogens (tertiary/aromatic N) is 5. The number of fused-ring (bicyclic) bond motifs is 1. The number of aryl methyl sites for hydroxylation is 2. The predicted molar refractivity (Wildman–Crippen MR) is 137 cm³/mol. The van der Waals surface area contributed by atoms with E-state index in [1.807, 2.05) is 36.6 Å². The van der Waals surface area contributed by atoms with Crippen molar-refractivity contribution in [2.24, 2.45) is 0 Å². The summed E-state index contributed by atoms with van der Waals surface area (Å²) in [7, 11) is 0. The van der Waals surface area contributed by atoms with Crippen LogP contribution in [0.25, 0.3) is 27.3 Å². The van der Waals surface area contributed by atoms with E-state index in [1.54, 1.807) is 6.20 Å². The molecule has 4 heterocycles. The van der Waals surface area contributed by atoms with Crippen LogP contribution in [-0.4, -0.2) is 25.6 Å². The van der Waals surface area contributed by atoms with Gasteiger partial charge in [0.1, 0.15) is 16.6 Å². The van der Waals surface area contributed by atoms with E-state index in [4.69, 9.17) is 15.2 Å². The van der Waals surface area contributed by atoms with Gasteiger partial charge in [-0.2, -0.15) is 0 Å². The number of aromatic nitrogens is 4. The summed E-state index contributed by atoms with van der Waals surface area (Å²) >= 11 is 1.30. The quantitative estimate of drug-likeness (QED) is 0.318. The molecule has 2 N–H and O–H groups in total. The molecule has 0 aliphatic carbocycles. The zero-order valence-electron chi connectivity index (χ0n) is 20.0. The molecule has 0 unspecified atom stereocenters. The Labute approximate surface area is 214 Å². The molecule has 11 heteroatoms. The Hall–Kier alpha value is -4.12. The molecule has 6 rings (SSSR count). The number of carbonyl (C=O) groups is 1. The number of thiazole rings is 1. The van der Waals surface area contributed by atoms with Gasteiger partial charge in [0.05, 0.1) is 29.0 Å². The lowest BCUT2D eigenvalue weighted by molar-refractivity contribution is -0.120. The summed E-state index contributed by atoms with van der Waals surface area (Å²) in [6, 6.07) is 8.83. The molecule has 0 spiro atoms. The molecule has 1 aliphatic heterocycles. The third-order valence-corrected chi connectivity index (χ3v) is 7.44. The van der Waals surface area contributed by atoms with Gasteiger partial charge in [-0.25, -0.2) is 18.7 Å². The first-order chi connectivity index (χ1) is 17.8. The molecule has 1 fully saturated rings. The smallest absolute Gasteiger partial charge is 0.227 e. The normalized spacial score (nSPS) is 16.2. The number of imidazole rings is 1. The first kappa shape index (κ1) is 23.3. The zero-order valence-corrected chi connectivity index (χ0v) is 20.9. The van der Waals surface area contributed by atoms with Gasteiger partial charge in [-0.1, -0.05) is 22.6 Å². The van der Waals surface area contributed by atoms with Crippen molar-refractivity contribution in [3.8, 4) is 16.3 Å². The van der Waals surface area contributed by atoms with Crippen molar-refractivity contribution in [3.05, 3.63) is 71.5 Å². The number of carbonyl (C=O) groups excluding carboxylic acids is 1. The summed E-state index contributed by atoms with van der Waals surface area (Å²) in [5.74, 6) is -0.900. The van der Waals surface area contributed by atoms with Crippen LogP contribution in [0.1, 0.15) is 42.6 Å². The number of benzene rings is 2. The molecule has 8 nitrogen and oxygen atoms in total. The Kier molecular flexibility index (Phi) is 5.52. The van der Waals surface area contributed by atoms with Gasteiger partial charge < -0.3 is 15.2 Å². The van der Waals surface area contributed by atoms with Crippen molar-refractivity contribution >= 4 is 39.0 Å². The van der Waals surface area contributed by atoms with E-state index in [2.05, 4.69) is 10.1 Å². The van der Waals surface area contributed by atoms with E-state index >= 15 is 0 Å². The van der Waals surface area contributed by atoms with Crippen LogP contribution in [0.2, 0.25) is 0 Å². The third kappa shape index (κ3) is 3.86. The van der Waals surface area contributed by atoms with Gasteiger partial charge in [0.25, 0.3) is 0 Å². The summed E-state index contributed by atoms with van der Waals surface area (Å²) < 4.78 is 35.1. The van der Waals surface area contributed by atoms with Crippen molar-refractivity contribution in [3.63, 3.8) is 0 Å². The number of piperidine rings is 1. The highest BCUT2D eigenvalue weighted by atomic mass is 32.1. The number of rotatable bonds is 4. The fourth-order valence-corrected chi connectivity index (χ4v) is 5.73. The Morgan fingerprint density at radius 1 is 1.14 bits per heavy atom. The molecule has 1 amide bonds. The minimum absolute atomic E-state index is 0.184. The molecule has 37 heavy (non-hydrogen) atoms. The number of halogens is 2. The molecular formula is C26H22F2N6O2S. The highest BCUT2D eigenvalue weighted by Crippen LogP contribution is 2.40. The standard InChI is InChI=1S/C26H22F2N6O2S/c1-13-24(14(2)36-32-13)15-6-9-20-19(10-15)31-25(34(20)26-30-12-22(29)37-26)21-4-3-5-23(35)33(21)16-7-8-17(27)18(28)11-16/h6-12,21H,3-5,29H2,1-2H3/t21-/m0/s1. The van der Waals surface area contributed by atoms with E-state index in [9.17, 15) is 13.6 Å². The maximum atomic E-state index is 14.2. The first-order valence-electron chi connectivity index (χ1n) is 11.8. The van der Waals surface area contributed by atoms with Crippen LogP contribution >= 0.6 is 11.3 Å². The molecule has 3 aromatic heterocycles. The molecule has 1 aliphatic rings. The van der Waals surface area contributed by atoms with Crippen molar-refractivity contribution in [2.75, 3.05) is 10.6 Å². The van der Waals surface area contributed by atoms with Crippen LogP contribution in [0.3, 0.4) is 0 Å². The maximum Gasteiger partial charge on any atom is 0.227 e. The van der Waals surface area contributed by atoms with Gasteiger partial charge in [0, 0.05) is 23.7 Å². The van der Waals surface area contributed by atoms with Gasteiger partial charge >= 0.3 is 0 Å². The highest BCUT2D eigenvalue weighted by molar-refractivity contribution is 7.17. The molecule has 0 radical (unpaired) electrons. The second-order valence-electron chi connectivity index (χ2n) is 9.02. The topological polar surface area (TPSA) is 103 Å². The van der Waals surface area contributed by atoms with Crippen LogP contribution < -0.4 is 10.6 Å². The number of hydrogen-bond acceptors (Lipinski definition) is 7. The summed E-state index contributed by atoms with van der Waals surface area (Å²) in [6.07, 6.45) is 3.10. The number of anilines is 2. The molecule has 1 atom stereocenters. The maximum absolute atomic E-state index is 14.2. The lowest BCUT2D eigenvalue weighted by Gasteiger charge is -2.35. The minimum atomic E-state index is -1.01. The Morgan fingerprint density at radius 2 is 1.97 bits per heavy atom. The lowest BCUT2D eigenvalue weighted by atomic mass is 9.99. The van der Waals surface area contributed by atoms with Crippen molar-refractivity contribution in [2.45, 2.75) is 39.2 Å². The minimum Gasteiger partial charge on any atom is -0.389 e. The van der Waals surface area contributed by atoms with Gasteiger partial charge in [-0.3, -0.25) is 9.36 Å². The van der Waals surface area contributed by atoms with Crippen LogP contribution in [-0.2, 0) is 4.79 Å². The SMILES string of the molecule is Cc1noc(C)c1-c1ccc2c(c1)nc([C@@H]1CCCC(=O)N1c1ccc(F)c(F)c1)n2-c1ncc(N)s1. The van der Waals surface area contributed by atoms with Gasteiger partial charge in [-0.05, 0) is 56.5 Å². The van der Waals surface area contributed by atoms with Crippen LogP contribution in [0.15, 0.2) is 47.1 Å². The molecule has 2 aromatic carbocycles. The Bertz CT molecular complexity index is 1650. The molecule has 188 valence electrons. The summed E-state index contributed by atoms with van der Waals surface area (Å²) in [6.45, 7) is 3.74. The van der Waals surface area contributed by atoms with E-state index in [-0.39, 0.29) is 11.6 Å². The van der Waals surface area contributed by atoms with E-state index in [0.717, 1.165) is 34.5 Å². The largest absolute Gasteiger partial charge is 0.389 e. The highest BCUT2D eigenvalue weighted by Gasteiger charge is 2.35. The fraction of sp³-hybridized carbons (Fsp3) is 0.231. The van der Waals surface area contributed by atoms with E-state index < -0.39 is 17.7 Å². The van der Waals surface area contributed by atoms with Crippen LogP contribution in [0.5, 0.6) is 0 Å². The monoisotopic (exact) mass is 520 g/mol. The second kappa shape index (κ2) is 8.77. The Balaban J connectivity index is 1.56. The summed E-state index contributed by atoms with van der Waals surface area (Å²) in [5, 5.41) is 5.19. The van der Waals surface area contributed by atoms with Crippen molar-refractivity contribution < 1.29 is 18.1 Å². The second-order valence-corrected chi connectivity index (χ2v) is 10.1. The van der Waals surface area contributed by atoms with Crippen molar-refractivity contribution in [1.29, 1.82) is 0 Å². The van der Waals surface area contributed by atoms with Gasteiger partial charge in [0.15, 0.2) is 16.8 Å². The first-order valence-corrected chi connectivity index (χ1v) is 12.6. The number of nitrogen functional groups attached to an aromatic ring is 1. The van der Waals surface area contributed by atoms with Crippen LogP contribution in [0, 0.1) is 25.5 Å². The average molecular weight is 521 g/mol. The van der Waals surface area contributed by atoms with E-state index in [0.29, 0.717) is 46.5 Å². The third-order valence-electron chi connectivity index (χ3n) is 6.63. The zero-order chi connectivity index (χ0) is 25.8. The average Bonchev–Trinajstić information content (AvgIpc) is 3.56. The van der Waals surface area contributed by atoms with Crippen LogP contribution in [0.4, 0.5) is 19.5 Å². The number of nitrogens with two attached hydrogens (primary N) is 1. The van der Waals surface area contributed by atoms with E-state index in [1.165, 1.54) is 22.3 Å². The fourth-order valence-electron chi connectivity index (χ4n) is 5.03. The molecule has 1 saturated heterocycles. The predicted octanol–water partition coefficient (Wildman–Crippen LogP) is 5.87. The van der Waals surface area contributed by atoms with Gasteiger partial charge in [0.2, 0.25) is 5.91 Å². The molecule has 0 bridgehead atoms. The number of amides is 1. The summed E-state index contributed by atoms with van der Waals surface area (Å²) in [4.78, 5) is 24.1. The number of hydrogen-bond donors (Lipinski definition) is 1. The van der Waals surface area contributed by atoms with Crippen molar-refractivity contribution in [1.82, 2.24) is 19.7 Å². The molecule has 5 aromatic rings. The van der Waals surface area contributed by atoms with Gasteiger partial charge in [-0.15, -0.1) is 0 Å². The lowest BCUT2D eigenvalue weighted by Crippen LogP contribution is -2.39. The summed E-state index contributed by atoms with van der Waals surface area (Å²) in [5.41, 5.74) is 10.3. The molecular weight excluding hydrogens is 498 g/mol. The molecule has 0 saturated carbocycles.